The van der Waals surface area contributed by atoms with Crippen LogP contribution in [-0.2, 0) is 6.54 Å². The second-order valence-corrected chi connectivity index (χ2v) is 6.84. The summed E-state index contributed by atoms with van der Waals surface area (Å²) < 4.78 is 28.7. The Kier molecular flexibility index (Phi) is 6.26. The zero-order chi connectivity index (χ0) is 21.0. The van der Waals surface area contributed by atoms with Gasteiger partial charge >= 0.3 is 6.61 Å². The first-order valence-corrected chi connectivity index (χ1v) is 9.18. The predicted octanol–water partition coefficient (Wildman–Crippen LogP) is 4.07. The van der Waals surface area contributed by atoms with E-state index in [0.717, 1.165) is 25.9 Å². The van der Waals surface area contributed by atoms with Crippen molar-refractivity contribution in [1.82, 2.24) is 4.90 Å². The molecule has 0 atom stereocenters. The van der Waals surface area contributed by atoms with E-state index in [9.17, 15) is 23.7 Å². The van der Waals surface area contributed by atoms with Gasteiger partial charge in [0, 0.05) is 38.3 Å². The van der Waals surface area contributed by atoms with Crippen molar-refractivity contribution >= 4 is 17.3 Å². The van der Waals surface area contributed by atoms with Gasteiger partial charge in [-0.3, -0.25) is 14.9 Å². The molecule has 0 spiro atoms. The van der Waals surface area contributed by atoms with Crippen molar-refractivity contribution in [1.29, 1.82) is 0 Å². The highest BCUT2D eigenvalue weighted by molar-refractivity contribution is 5.95. The van der Waals surface area contributed by atoms with E-state index in [-0.39, 0.29) is 29.5 Å². The summed E-state index contributed by atoms with van der Waals surface area (Å²) in [4.78, 5) is 27.2. The average Bonchev–Trinajstić information content (AvgIpc) is 3.22. The Morgan fingerprint density at radius 3 is 2.45 bits per heavy atom. The molecule has 1 heterocycles. The summed E-state index contributed by atoms with van der Waals surface area (Å²) in [5.41, 5.74) is 1.38. The highest BCUT2D eigenvalue weighted by Crippen LogP contribution is 2.32. The first kappa shape index (κ1) is 20.5. The number of nitro groups is 1. The number of alkyl halides is 2. The van der Waals surface area contributed by atoms with Crippen LogP contribution in [-0.4, -0.2) is 42.5 Å². The number of anilines is 1. The van der Waals surface area contributed by atoms with Gasteiger partial charge in [0.2, 0.25) is 0 Å². The molecule has 3 rings (SSSR count). The van der Waals surface area contributed by atoms with E-state index in [1.165, 1.54) is 23.1 Å². The number of hydrogen-bond donors (Lipinski definition) is 0. The normalized spacial score (nSPS) is 13.6. The summed E-state index contributed by atoms with van der Waals surface area (Å²) in [6.07, 6.45) is 1.98. The molecule has 0 unspecified atom stereocenters. The highest BCUT2D eigenvalue weighted by atomic mass is 19.3. The molecule has 1 aliphatic rings. The molecular formula is C20H21F2N3O4. The first-order valence-electron chi connectivity index (χ1n) is 9.18. The van der Waals surface area contributed by atoms with Gasteiger partial charge in [-0.25, -0.2) is 0 Å². The standard InChI is InChI=1S/C20H21F2N3O4/c1-23(13-14-4-7-16(8-5-14)29-20(21)22)19(26)15-6-9-17(18(12-15)25(27)28)24-10-2-3-11-24/h4-9,12,20H,2-3,10-11,13H2,1H3. The molecule has 2 aromatic carbocycles. The van der Waals surface area contributed by atoms with Crippen molar-refractivity contribution in [3.8, 4) is 5.75 Å². The fourth-order valence-electron chi connectivity index (χ4n) is 3.37. The molecule has 1 aliphatic heterocycles. The minimum Gasteiger partial charge on any atom is -0.435 e. The van der Waals surface area contributed by atoms with Gasteiger partial charge in [-0.15, -0.1) is 0 Å². The number of amides is 1. The van der Waals surface area contributed by atoms with Crippen LogP contribution in [0.3, 0.4) is 0 Å². The highest BCUT2D eigenvalue weighted by Gasteiger charge is 2.24. The van der Waals surface area contributed by atoms with Crippen molar-refractivity contribution in [2.24, 2.45) is 0 Å². The maximum atomic E-state index is 12.7. The molecule has 0 bridgehead atoms. The molecule has 9 heteroatoms. The minimum atomic E-state index is -2.90. The lowest BCUT2D eigenvalue weighted by atomic mass is 10.1. The van der Waals surface area contributed by atoms with Crippen LogP contribution in [0.1, 0.15) is 28.8 Å². The van der Waals surface area contributed by atoms with Crippen molar-refractivity contribution < 1.29 is 23.2 Å². The summed E-state index contributed by atoms with van der Waals surface area (Å²) in [7, 11) is 1.58. The molecule has 0 aromatic heterocycles. The van der Waals surface area contributed by atoms with Gasteiger partial charge in [0.15, 0.2) is 0 Å². The fourth-order valence-corrected chi connectivity index (χ4v) is 3.37. The molecule has 1 fully saturated rings. The zero-order valence-corrected chi connectivity index (χ0v) is 15.9. The Hall–Kier alpha value is -3.23. The number of nitro benzene ring substituents is 1. The van der Waals surface area contributed by atoms with E-state index in [1.54, 1.807) is 31.3 Å². The largest absolute Gasteiger partial charge is 0.435 e. The maximum Gasteiger partial charge on any atom is 0.387 e. The zero-order valence-electron chi connectivity index (χ0n) is 15.9. The molecule has 0 radical (unpaired) electrons. The summed E-state index contributed by atoms with van der Waals surface area (Å²) >= 11 is 0. The number of ether oxygens (including phenoxy) is 1. The van der Waals surface area contributed by atoms with Gasteiger partial charge in [-0.05, 0) is 42.7 Å². The first-order chi connectivity index (χ1) is 13.8. The average molecular weight is 405 g/mol. The lowest BCUT2D eigenvalue weighted by molar-refractivity contribution is -0.384. The molecule has 0 aliphatic carbocycles. The van der Waals surface area contributed by atoms with Crippen LogP contribution >= 0.6 is 0 Å². The smallest absolute Gasteiger partial charge is 0.387 e. The Morgan fingerprint density at radius 1 is 1.21 bits per heavy atom. The fraction of sp³-hybridized carbons (Fsp3) is 0.350. The number of nitrogens with zero attached hydrogens (tertiary/aromatic N) is 3. The van der Waals surface area contributed by atoms with Crippen LogP contribution in [0.5, 0.6) is 5.75 Å². The maximum absolute atomic E-state index is 12.7. The lowest BCUT2D eigenvalue weighted by Gasteiger charge is -2.20. The molecule has 154 valence electrons. The second kappa shape index (κ2) is 8.85. The number of carbonyl (C=O) groups is 1. The quantitative estimate of drug-likeness (QED) is 0.513. The van der Waals surface area contributed by atoms with Crippen molar-refractivity contribution in [3.05, 3.63) is 63.7 Å². The number of benzene rings is 2. The summed E-state index contributed by atoms with van der Waals surface area (Å²) in [6, 6.07) is 10.5. The van der Waals surface area contributed by atoms with Crippen LogP contribution < -0.4 is 9.64 Å². The number of hydrogen-bond acceptors (Lipinski definition) is 5. The third kappa shape index (κ3) is 4.98. The van der Waals surface area contributed by atoms with E-state index >= 15 is 0 Å². The van der Waals surface area contributed by atoms with Crippen molar-refractivity contribution in [2.75, 3.05) is 25.0 Å². The van der Waals surface area contributed by atoms with E-state index in [1.807, 2.05) is 4.90 Å². The van der Waals surface area contributed by atoms with E-state index in [0.29, 0.717) is 11.3 Å². The molecule has 1 saturated heterocycles. The van der Waals surface area contributed by atoms with Crippen LogP contribution in [0, 0.1) is 10.1 Å². The minimum absolute atomic E-state index is 0.0332. The molecule has 29 heavy (non-hydrogen) atoms. The third-order valence-corrected chi connectivity index (χ3v) is 4.78. The van der Waals surface area contributed by atoms with Gasteiger partial charge in [0.25, 0.3) is 11.6 Å². The molecule has 0 N–H and O–H groups in total. The van der Waals surface area contributed by atoms with Gasteiger partial charge in [-0.1, -0.05) is 12.1 Å². The molecule has 7 nitrogen and oxygen atoms in total. The Morgan fingerprint density at radius 2 is 1.86 bits per heavy atom. The Balaban J connectivity index is 1.73. The van der Waals surface area contributed by atoms with E-state index < -0.39 is 11.5 Å². The van der Waals surface area contributed by atoms with Gasteiger partial charge < -0.3 is 14.5 Å². The topological polar surface area (TPSA) is 75.9 Å². The van der Waals surface area contributed by atoms with Gasteiger partial charge in [0.1, 0.15) is 11.4 Å². The van der Waals surface area contributed by atoms with Gasteiger partial charge in [-0.2, -0.15) is 8.78 Å². The van der Waals surface area contributed by atoms with E-state index in [2.05, 4.69) is 4.74 Å². The summed E-state index contributed by atoms with van der Waals surface area (Å²) in [6.45, 7) is -1.15. The summed E-state index contributed by atoms with van der Waals surface area (Å²) in [5.74, 6) is -0.333. The predicted molar refractivity (Wildman–Crippen MR) is 103 cm³/mol. The Bertz CT molecular complexity index is 884. The lowest BCUT2D eigenvalue weighted by Crippen LogP contribution is -2.26. The monoisotopic (exact) mass is 405 g/mol. The molecule has 2 aromatic rings. The van der Waals surface area contributed by atoms with Crippen LogP contribution in [0.4, 0.5) is 20.2 Å². The van der Waals surface area contributed by atoms with Gasteiger partial charge in [0.05, 0.1) is 4.92 Å². The van der Waals surface area contributed by atoms with Crippen LogP contribution in [0.2, 0.25) is 0 Å². The van der Waals surface area contributed by atoms with Crippen LogP contribution in [0.25, 0.3) is 0 Å². The number of rotatable bonds is 7. The molecular weight excluding hydrogens is 384 g/mol. The molecule has 0 saturated carbocycles. The number of carbonyl (C=O) groups excluding carboxylic acids is 1. The third-order valence-electron chi connectivity index (χ3n) is 4.78. The second-order valence-electron chi connectivity index (χ2n) is 6.84. The molecule has 1 amide bonds. The van der Waals surface area contributed by atoms with Crippen molar-refractivity contribution in [2.45, 2.75) is 26.0 Å². The van der Waals surface area contributed by atoms with Crippen LogP contribution in [0.15, 0.2) is 42.5 Å². The van der Waals surface area contributed by atoms with Crippen molar-refractivity contribution in [3.63, 3.8) is 0 Å². The SMILES string of the molecule is CN(Cc1ccc(OC(F)F)cc1)C(=O)c1ccc(N2CCCC2)c([N+](=O)[O-])c1. The summed E-state index contributed by atoms with van der Waals surface area (Å²) in [5, 5.41) is 11.5. The number of halogens is 2. The van der Waals surface area contributed by atoms with E-state index in [4.69, 9.17) is 0 Å². The Labute approximate surface area is 166 Å².